The lowest BCUT2D eigenvalue weighted by molar-refractivity contribution is 0.0527. The third-order valence-corrected chi connectivity index (χ3v) is 2.90. The van der Waals surface area contributed by atoms with E-state index in [0.717, 1.165) is 0 Å². The van der Waals surface area contributed by atoms with Crippen molar-refractivity contribution in [3.8, 4) is 17.5 Å². The number of nitrogens with zero attached hydrogens (tertiary/aromatic N) is 3. The Labute approximate surface area is 126 Å². The van der Waals surface area contributed by atoms with E-state index in [4.69, 9.17) is 27.3 Å². The maximum absolute atomic E-state index is 11.7. The maximum Gasteiger partial charge on any atom is 0.345 e. The molecule has 0 saturated heterocycles. The minimum atomic E-state index is -0.669. The number of halogens is 1. The van der Waals surface area contributed by atoms with Crippen molar-refractivity contribution in [2.24, 2.45) is 0 Å². The van der Waals surface area contributed by atoms with Gasteiger partial charge >= 0.3 is 5.97 Å². The molecule has 0 radical (unpaired) electrons. The zero-order valence-corrected chi connectivity index (χ0v) is 11.9. The predicted molar refractivity (Wildman–Crippen MR) is 77.6 cm³/mol. The average molecular weight is 303 g/mol. The molecule has 2 rings (SSSR count). The van der Waals surface area contributed by atoms with E-state index in [9.17, 15) is 4.79 Å². The lowest BCUT2D eigenvalue weighted by Gasteiger charge is -2.08. The van der Waals surface area contributed by atoms with Gasteiger partial charge in [-0.15, -0.1) is 0 Å². The van der Waals surface area contributed by atoms with Gasteiger partial charge in [-0.1, -0.05) is 23.7 Å². The zero-order valence-electron chi connectivity index (χ0n) is 11.1. The second-order valence-electron chi connectivity index (χ2n) is 4.01. The molecule has 0 atom stereocenters. The Bertz CT molecular complexity index is 717. The second kappa shape index (κ2) is 6.20. The van der Waals surface area contributed by atoms with Gasteiger partial charge in [-0.25, -0.2) is 14.8 Å². The van der Waals surface area contributed by atoms with Gasteiger partial charge in [0.05, 0.1) is 18.2 Å². The van der Waals surface area contributed by atoms with Gasteiger partial charge in [0.25, 0.3) is 0 Å². The summed E-state index contributed by atoms with van der Waals surface area (Å²) in [6, 6.07) is 8.69. The molecule has 1 aromatic heterocycles. The molecule has 6 nitrogen and oxygen atoms in total. The van der Waals surface area contributed by atoms with Crippen molar-refractivity contribution in [1.82, 2.24) is 9.97 Å². The van der Waals surface area contributed by atoms with E-state index in [1.54, 1.807) is 31.2 Å². The van der Waals surface area contributed by atoms with Gasteiger partial charge in [-0.05, 0) is 19.1 Å². The summed E-state index contributed by atoms with van der Waals surface area (Å²) in [4.78, 5) is 19.8. The Morgan fingerprint density at radius 1 is 1.48 bits per heavy atom. The molecule has 21 heavy (non-hydrogen) atoms. The Morgan fingerprint density at radius 2 is 2.24 bits per heavy atom. The number of benzene rings is 1. The van der Waals surface area contributed by atoms with E-state index in [1.807, 2.05) is 6.07 Å². The van der Waals surface area contributed by atoms with Crippen molar-refractivity contribution in [2.75, 3.05) is 12.3 Å². The van der Waals surface area contributed by atoms with Crippen LogP contribution in [0.15, 0.2) is 24.3 Å². The van der Waals surface area contributed by atoms with Crippen LogP contribution >= 0.6 is 11.6 Å². The molecule has 2 N–H and O–H groups in total. The quantitative estimate of drug-likeness (QED) is 0.690. The second-order valence-corrected chi connectivity index (χ2v) is 4.37. The van der Waals surface area contributed by atoms with Gasteiger partial charge in [0.15, 0.2) is 5.82 Å². The molecule has 0 aliphatic rings. The molecule has 1 heterocycles. The summed E-state index contributed by atoms with van der Waals surface area (Å²) >= 11 is 5.99. The van der Waals surface area contributed by atoms with Crippen LogP contribution in [0.1, 0.15) is 22.8 Å². The number of ether oxygens (including phenoxy) is 1. The molecule has 0 amide bonds. The molecule has 0 aliphatic carbocycles. The Kier molecular flexibility index (Phi) is 4.36. The zero-order chi connectivity index (χ0) is 15.4. The van der Waals surface area contributed by atoms with Crippen LogP contribution in [-0.2, 0) is 4.74 Å². The largest absolute Gasteiger partial charge is 0.462 e. The monoisotopic (exact) mass is 302 g/mol. The van der Waals surface area contributed by atoms with E-state index in [1.165, 1.54) is 0 Å². The Morgan fingerprint density at radius 3 is 2.86 bits per heavy atom. The number of carbonyl (C=O) groups excluding carboxylic acids is 1. The summed E-state index contributed by atoms with van der Waals surface area (Å²) in [5.74, 6) is -0.495. The van der Waals surface area contributed by atoms with E-state index >= 15 is 0 Å². The summed E-state index contributed by atoms with van der Waals surface area (Å²) in [5, 5.41) is 8.81. The van der Waals surface area contributed by atoms with Gasteiger partial charge in [-0.2, -0.15) is 5.26 Å². The number of anilines is 1. The normalized spacial score (nSPS) is 9.95. The highest BCUT2D eigenvalue weighted by Gasteiger charge is 2.20. The van der Waals surface area contributed by atoms with Gasteiger partial charge in [-0.3, -0.25) is 0 Å². The molecular formula is C14H11ClN4O2. The molecule has 0 spiro atoms. The van der Waals surface area contributed by atoms with Crippen molar-refractivity contribution in [3.63, 3.8) is 0 Å². The minimum Gasteiger partial charge on any atom is -0.462 e. The van der Waals surface area contributed by atoms with Crippen LogP contribution in [0.5, 0.6) is 0 Å². The fraction of sp³-hybridized carbons (Fsp3) is 0.143. The number of hydrogen-bond donors (Lipinski definition) is 1. The fourth-order valence-electron chi connectivity index (χ4n) is 1.70. The number of nitrogen functional groups attached to an aromatic ring is 1. The van der Waals surface area contributed by atoms with Gasteiger partial charge in [0.1, 0.15) is 16.5 Å². The van der Waals surface area contributed by atoms with Crippen LogP contribution in [0.25, 0.3) is 11.4 Å². The van der Waals surface area contributed by atoms with Gasteiger partial charge in [0.2, 0.25) is 0 Å². The van der Waals surface area contributed by atoms with Crippen LogP contribution in [-0.4, -0.2) is 22.5 Å². The van der Waals surface area contributed by atoms with E-state index in [2.05, 4.69) is 9.97 Å². The SMILES string of the molecule is CCOC(=O)c1c(N)nc(-c2cccc(C#N)c2)nc1Cl. The molecule has 1 aromatic carbocycles. The van der Waals surface area contributed by atoms with E-state index in [0.29, 0.717) is 11.1 Å². The summed E-state index contributed by atoms with van der Waals surface area (Å²) in [7, 11) is 0. The first-order valence-electron chi connectivity index (χ1n) is 6.07. The van der Waals surface area contributed by atoms with Crippen LogP contribution in [0, 0.1) is 11.3 Å². The molecule has 0 aliphatic heterocycles. The first-order chi connectivity index (χ1) is 10.1. The third-order valence-electron chi connectivity index (χ3n) is 2.62. The number of nitrogens with two attached hydrogens (primary N) is 1. The highest BCUT2D eigenvalue weighted by molar-refractivity contribution is 6.33. The molecule has 0 bridgehead atoms. The lowest BCUT2D eigenvalue weighted by Crippen LogP contribution is -2.12. The number of rotatable bonds is 3. The van der Waals surface area contributed by atoms with E-state index in [-0.39, 0.29) is 29.0 Å². The lowest BCUT2D eigenvalue weighted by atomic mass is 10.1. The molecule has 0 saturated carbocycles. The number of nitriles is 1. The van der Waals surface area contributed by atoms with Crippen molar-refractivity contribution in [1.29, 1.82) is 5.26 Å². The number of esters is 1. The molecule has 0 fully saturated rings. The van der Waals surface area contributed by atoms with Crippen LogP contribution < -0.4 is 5.73 Å². The van der Waals surface area contributed by atoms with Crippen LogP contribution in [0.4, 0.5) is 5.82 Å². The highest BCUT2D eigenvalue weighted by Crippen LogP contribution is 2.25. The first kappa shape index (κ1) is 14.8. The van der Waals surface area contributed by atoms with Crippen LogP contribution in [0.2, 0.25) is 5.15 Å². The van der Waals surface area contributed by atoms with Gasteiger partial charge in [0, 0.05) is 5.56 Å². The summed E-state index contributed by atoms with van der Waals surface area (Å²) in [6.07, 6.45) is 0. The van der Waals surface area contributed by atoms with Crippen molar-refractivity contribution in [2.45, 2.75) is 6.92 Å². The van der Waals surface area contributed by atoms with Crippen molar-refractivity contribution >= 4 is 23.4 Å². The van der Waals surface area contributed by atoms with Crippen molar-refractivity contribution < 1.29 is 9.53 Å². The highest BCUT2D eigenvalue weighted by atomic mass is 35.5. The third kappa shape index (κ3) is 3.09. The number of aromatic nitrogens is 2. The molecule has 2 aromatic rings. The number of carbonyl (C=O) groups is 1. The smallest absolute Gasteiger partial charge is 0.345 e. The Hall–Kier alpha value is -2.65. The number of hydrogen-bond acceptors (Lipinski definition) is 6. The molecule has 7 heteroatoms. The molecular weight excluding hydrogens is 292 g/mol. The maximum atomic E-state index is 11.7. The van der Waals surface area contributed by atoms with E-state index < -0.39 is 5.97 Å². The van der Waals surface area contributed by atoms with Crippen LogP contribution in [0.3, 0.4) is 0 Å². The van der Waals surface area contributed by atoms with Gasteiger partial charge < -0.3 is 10.5 Å². The predicted octanol–water partition coefficient (Wildman–Crippen LogP) is 2.43. The van der Waals surface area contributed by atoms with Crippen molar-refractivity contribution in [3.05, 3.63) is 40.5 Å². The summed E-state index contributed by atoms with van der Waals surface area (Å²) < 4.78 is 4.85. The summed E-state index contributed by atoms with van der Waals surface area (Å²) in [6.45, 7) is 1.87. The fourth-order valence-corrected chi connectivity index (χ4v) is 1.95. The molecule has 106 valence electrons. The topological polar surface area (TPSA) is 102 Å². The Balaban J connectivity index is 2.49. The average Bonchev–Trinajstić information content (AvgIpc) is 2.47. The molecule has 0 unspecified atom stereocenters. The minimum absolute atomic E-state index is 0.0568. The standard InChI is InChI=1S/C14H11ClN4O2/c1-2-21-14(20)10-11(15)18-13(19-12(10)17)9-5-3-4-8(6-9)7-16/h3-6H,2H2,1H3,(H2,17,18,19). The first-order valence-corrected chi connectivity index (χ1v) is 6.45. The summed E-state index contributed by atoms with van der Waals surface area (Å²) in [5.41, 5.74) is 6.74.